The summed E-state index contributed by atoms with van der Waals surface area (Å²) in [6.45, 7) is 1.94. The van der Waals surface area contributed by atoms with Crippen molar-refractivity contribution in [2.45, 2.75) is 6.18 Å². The van der Waals surface area contributed by atoms with E-state index < -0.39 is 18.6 Å². The summed E-state index contributed by atoms with van der Waals surface area (Å²) in [7, 11) is 3.05. The SMILES string of the molecule is C=CC(=O)Nc1ccc(-c2c(-c3ccc(C(=O)NCC(F)(F)F)c(OC)c3)c3c(N)ncc(C#N)c3n2C)cc1. The molecule has 2 aromatic carbocycles. The van der Waals surface area contributed by atoms with Gasteiger partial charge in [-0.1, -0.05) is 24.8 Å². The monoisotopic (exact) mass is 548 g/mol. The summed E-state index contributed by atoms with van der Waals surface area (Å²) in [5, 5.41) is 14.8. The van der Waals surface area contributed by atoms with Crippen LogP contribution in [0.25, 0.3) is 33.3 Å². The van der Waals surface area contributed by atoms with Crippen molar-refractivity contribution < 1.29 is 27.5 Å². The van der Waals surface area contributed by atoms with Gasteiger partial charge in [0.2, 0.25) is 5.91 Å². The van der Waals surface area contributed by atoms with Crippen LogP contribution in [-0.4, -0.2) is 41.2 Å². The van der Waals surface area contributed by atoms with Gasteiger partial charge in [0.05, 0.1) is 34.8 Å². The summed E-state index contributed by atoms with van der Waals surface area (Å²) in [6.07, 6.45) is -2.06. The van der Waals surface area contributed by atoms with Crippen LogP contribution < -0.4 is 21.1 Å². The molecule has 0 spiro atoms. The molecule has 0 saturated heterocycles. The third-order valence-electron chi connectivity index (χ3n) is 6.15. The Balaban J connectivity index is 1.93. The first-order valence-corrected chi connectivity index (χ1v) is 11.7. The maximum Gasteiger partial charge on any atom is 0.405 e. The molecule has 0 aliphatic rings. The van der Waals surface area contributed by atoms with Gasteiger partial charge in [0.1, 0.15) is 24.2 Å². The average molecular weight is 549 g/mol. The van der Waals surface area contributed by atoms with E-state index in [4.69, 9.17) is 10.5 Å². The quantitative estimate of drug-likeness (QED) is 0.284. The molecule has 0 bridgehead atoms. The lowest BCUT2D eigenvalue weighted by molar-refractivity contribution is -0.123. The van der Waals surface area contributed by atoms with Gasteiger partial charge in [-0.25, -0.2) is 4.98 Å². The number of nitrogens with two attached hydrogens (primary N) is 1. The molecule has 4 rings (SSSR count). The smallest absolute Gasteiger partial charge is 0.405 e. The fourth-order valence-electron chi connectivity index (χ4n) is 4.42. The highest BCUT2D eigenvalue weighted by molar-refractivity contribution is 6.11. The van der Waals surface area contributed by atoms with Crippen LogP contribution in [0.15, 0.2) is 61.3 Å². The number of amides is 2. The predicted molar refractivity (Wildman–Crippen MR) is 144 cm³/mol. The van der Waals surface area contributed by atoms with Crippen molar-refractivity contribution in [3.05, 3.63) is 72.4 Å². The Hall–Kier alpha value is -5.31. The number of hydrogen-bond donors (Lipinski definition) is 3. The number of nitriles is 1. The van der Waals surface area contributed by atoms with Gasteiger partial charge >= 0.3 is 6.18 Å². The number of nitrogens with one attached hydrogen (secondary N) is 2. The standard InChI is InChI=1S/C28H23F3N6O3/c1-4-21(38)36-18-8-5-15(6-9-18)24-22(23-25(37(24)2)17(12-32)13-34-26(23)33)16-7-10-19(20(11-16)40-3)27(39)35-14-28(29,30)31/h4-11,13H,1,14H2,2-3H3,(H2,33,34)(H,35,39)(H,36,38). The van der Waals surface area contributed by atoms with Crippen LogP contribution in [0, 0.1) is 11.3 Å². The maximum absolute atomic E-state index is 12.6. The third-order valence-corrected chi connectivity index (χ3v) is 6.15. The first kappa shape index (κ1) is 27.7. The van der Waals surface area contributed by atoms with Crippen LogP contribution in [0.3, 0.4) is 0 Å². The van der Waals surface area contributed by atoms with Crippen molar-refractivity contribution in [2.24, 2.45) is 7.05 Å². The summed E-state index contributed by atoms with van der Waals surface area (Å²) in [4.78, 5) is 28.4. The molecule has 0 fully saturated rings. The molecule has 0 aliphatic heterocycles. The van der Waals surface area contributed by atoms with E-state index in [1.165, 1.54) is 25.4 Å². The summed E-state index contributed by atoms with van der Waals surface area (Å²) >= 11 is 0. The van der Waals surface area contributed by atoms with Gasteiger partial charge in [0, 0.05) is 24.5 Å². The highest BCUT2D eigenvalue weighted by Gasteiger charge is 2.29. The number of ether oxygens (including phenoxy) is 1. The fourth-order valence-corrected chi connectivity index (χ4v) is 4.42. The van der Waals surface area contributed by atoms with E-state index in [1.807, 2.05) is 5.32 Å². The molecule has 9 nitrogen and oxygen atoms in total. The minimum absolute atomic E-state index is 0.0329. The Morgan fingerprint density at radius 2 is 1.88 bits per heavy atom. The second kappa shape index (κ2) is 10.8. The number of hydrogen-bond acceptors (Lipinski definition) is 6. The number of nitrogen functional groups attached to an aromatic ring is 1. The first-order valence-electron chi connectivity index (χ1n) is 11.7. The van der Waals surface area contributed by atoms with Crippen molar-refractivity contribution in [2.75, 3.05) is 24.7 Å². The van der Waals surface area contributed by atoms with Crippen molar-refractivity contribution >= 4 is 34.2 Å². The minimum Gasteiger partial charge on any atom is -0.496 e. The minimum atomic E-state index is -4.58. The Bertz CT molecular complexity index is 1690. The molecule has 40 heavy (non-hydrogen) atoms. The van der Waals surface area contributed by atoms with E-state index in [1.54, 1.807) is 41.9 Å². The van der Waals surface area contributed by atoms with Gasteiger partial charge in [-0.3, -0.25) is 9.59 Å². The molecule has 4 N–H and O–H groups in total. The van der Waals surface area contributed by atoms with Gasteiger partial charge in [-0.15, -0.1) is 0 Å². The maximum atomic E-state index is 12.6. The Labute approximate surface area is 226 Å². The Morgan fingerprint density at radius 1 is 1.20 bits per heavy atom. The number of alkyl halides is 3. The zero-order chi connectivity index (χ0) is 29.2. The first-order chi connectivity index (χ1) is 19.0. The molecular weight excluding hydrogens is 525 g/mol. The number of carbonyl (C=O) groups excluding carboxylic acids is 2. The van der Waals surface area contributed by atoms with E-state index in [0.29, 0.717) is 39.0 Å². The lowest BCUT2D eigenvalue weighted by Crippen LogP contribution is -2.33. The van der Waals surface area contributed by atoms with Crippen LogP contribution in [-0.2, 0) is 11.8 Å². The van der Waals surface area contributed by atoms with E-state index in [0.717, 1.165) is 6.08 Å². The highest BCUT2D eigenvalue weighted by Crippen LogP contribution is 2.44. The lowest BCUT2D eigenvalue weighted by atomic mass is 9.96. The molecule has 0 atom stereocenters. The average Bonchev–Trinajstić information content (AvgIpc) is 3.25. The van der Waals surface area contributed by atoms with Gasteiger partial charge in [0.25, 0.3) is 5.91 Å². The number of carbonyl (C=O) groups is 2. The summed E-state index contributed by atoms with van der Waals surface area (Å²) in [5.41, 5.74) is 9.92. The van der Waals surface area contributed by atoms with Crippen LogP contribution in [0.5, 0.6) is 5.75 Å². The van der Waals surface area contributed by atoms with Gasteiger partial charge in [0.15, 0.2) is 0 Å². The van der Waals surface area contributed by atoms with Gasteiger partial charge in [-0.05, 0) is 41.5 Å². The summed E-state index contributed by atoms with van der Waals surface area (Å²) < 4.78 is 45.1. The molecule has 0 radical (unpaired) electrons. The number of halogens is 3. The van der Waals surface area contributed by atoms with E-state index in [2.05, 4.69) is 22.9 Å². The number of pyridine rings is 1. The van der Waals surface area contributed by atoms with E-state index in [-0.39, 0.29) is 28.6 Å². The lowest BCUT2D eigenvalue weighted by Gasteiger charge is -2.14. The molecular formula is C28H23F3N6O3. The number of aryl methyl sites for hydroxylation is 1. The van der Waals surface area contributed by atoms with E-state index >= 15 is 0 Å². The topological polar surface area (TPSA) is 135 Å². The number of methoxy groups -OCH3 is 1. The number of nitrogens with zero attached hydrogens (tertiary/aromatic N) is 3. The number of aromatic nitrogens is 2. The van der Waals surface area contributed by atoms with Crippen molar-refractivity contribution in [3.63, 3.8) is 0 Å². The number of anilines is 2. The molecule has 204 valence electrons. The largest absolute Gasteiger partial charge is 0.496 e. The number of benzene rings is 2. The van der Waals surface area contributed by atoms with Gasteiger partial charge in [-0.2, -0.15) is 18.4 Å². The zero-order valence-corrected chi connectivity index (χ0v) is 21.4. The van der Waals surface area contributed by atoms with Crippen molar-refractivity contribution in [3.8, 4) is 34.2 Å². The van der Waals surface area contributed by atoms with Crippen LogP contribution in [0.1, 0.15) is 15.9 Å². The molecule has 0 unspecified atom stereocenters. The Morgan fingerprint density at radius 3 is 2.48 bits per heavy atom. The van der Waals surface area contributed by atoms with Crippen LogP contribution in [0.2, 0.25) is 0 Å². The normalized spacial score (nSPS) is 11.1. The number of rotatable bonds is 7. The predicted octanol–water partition coefficient (Wildman–Crippen LogP) is 4.79. The zero-order valence-electron chi connectivity index (χ0n) is 21.4. The Kier molecular flexibility index (Phi) is 7.50. The summed E-state index contributed by atoms with van der Waals surface area (Å²) in [5.74, 6) is -1.15. The fraction of sp³-hybridized carbons (Fsp3) is 0.143. The van der Waals surface area contributed by atoms with Crippen molar-refractivity contribution in [1.82, 2.24) is 14.9 Å². The molecule has 2 heterocycles. The molecule has 0 aliphatic carbocycles. The molecule has 2 aromatic heterocycles. The number of fused-ring (bicyclic) bond motifs is 1. The molecule has 2 amide bonds. The third kappa shape index (κ3) is 5.30. The van der Waals surface area contributed by atoms with Crippen LogP contribution in [0.4, 0.5) is 24.7 Å². The van der Waals surface area contributed by atoms with E-state index in [9.17, 15) is 28.0 Å². The molecule has 4 aromatic rings. The second-order valence-electron chi connectivity index (χ2n) is 8.66. The molecule has 12 heteroatoms. The van der Waals surface area contributed by atoms with Crippen LogP contribution >= 0.6 is 0 Å². The van der Waals surface area contributed by atoms with Crippen molar-refractivity contribution in [1.29, 1.82) is 5.26 Å². The second-order valence-corrected chi connectivity index (χ2v) is 8.66. The summed E-state index contributed by atoms with van der Waals surface area (Å²) in [6, 6.07) is 13.5. The molecule has 0 saturated carbocycles. The van der Waals surface area contributed by atoms with Gasteiger partial charge < -0.3 is 25.7 Å². The highest BCUT2D eigenvalue weighted by atomic mass is 19.4.